The van der Waals surface area contributed by atoms with Crippen molar-refractivity contribution in [2.45, 2.75) is 6.54 Å². The summed E-state index contributed by atoms with van der Waals surface area (Å²) in [6, 6.07) is 9.04. The standard InChI is InChI=1S/C14H12ClNO3S/c15-9-1-3-12-11(7-9)16(5-6-19-12)8-10-2-4-13(20-10)14(17)18/h1-4,7H,5-6,8H2,(H,17,18). The number of aromatic carboxylic acids is 1. The van der Waals surface area contributed by atoms with Crippen molar-refractivity contribution in [3.8, 4) is 5.75 Å². The molecular weight excluding hydrogens is 298 g/mol. The summed E-state index contributed by atoms with van der Waals surface area (Å²) in [5.41, 5.74) is 0.953. The summed E-state index contributed by atoms with van der Waals surface area (Å²) >= 11 is 7.33. The zero-order valence-corrected chi connectivity index (χ0v) is 12.1. The summed E-state index contributed by atoms with van der Waals surface area (Å²) in [7, 11) is 0. The summed E-state index contributed by atoms with van der Waals surface area (Å²) in [6.45, 7) is 2.04. The van der Waals surface area contributed by atoms with Gasteiger partial charge in [0.05, 0.1) is 18.8 Å². The SMILES string of the molecule is O=C(O)c1ccc(CN2CCOc3ccc(Cl)cc32)s1. The van der Waals surface area contributed by atoms with Gasteiger partial charge in [-0.1, -0.05) is 11.6 Å². The first kappa shape index (κ1) is 13.3. The fraction of sp³-hybridized carbons (Fsp3) is 0.214. The maximum absolute atomic E-state index is 10.9. The zero-order chi connectivity index (χ0) is 14.1. The molecule has 2 heterocycles. The van der Waals surface area contributed by atoms with Crippen molar-refractivity contribution >= 4 is 34.6 Å². The first-order valence-corrected chi connectivity index (χ1v) is 7.32. The zero-order valence-electron chi connectivity index (χ0n) is 10.5. The predicted octanol–water partition coefficient (Wildman–Crippen LogP) is 3.50. The van der Waals surface area contributed by atoms with Crippen LogP contribution in [0.25, 0.3) is 0 Å². The minimum Gasteiger partial charge on any atom is -0.490 e. The Hall–Kier alpha value is -1.72. The third-order valence-electron chi connectivity index (χ3n) is 3.10. The molecule has 0 saturated heterocycles. The Kier molecular flexibility index (Phi) is 3.54. The van der Waals surface area contributed by atoms with Crippen molar-refractivity contribution in [3.05, 3.63) is 45.1 Å². The Balaban J connectivity index is 1.85. The number of thiophene rings is 1. The molecule has 4 nitrogen and oxygen atoms in total. The largest absolute Gasteiger partial charge is 0.490 e. The van der Waals surface area contributed by atoms with Crippen LogP contribution in [-0.4, -0.2) is 24.2 Å². The van der Waals surface area contributed by atoms with E-state index in [1.54, 1.807) is 12.1 Å². The number of anilines is 1. The molecule has 1 aromatic carbocycles. The van der Waals surface area contributed by atoms with Crippen molar-refractivity contribution in [1.82, 2.24) is 0 Å². The number of carbonyl (C=O) groups is 1. The highest BCUT2D eigenvalue weighted by Gasteiger charge is 2.19. The molecule has 0 fully saturated rings. The van der Waals surface area contributed by atoms with Gasteiger partial charge >= 0.3 is 5.97 Å². The molecule has 0 unspecified atom stereocenters. The van der Waals surface area contributed by atoms with E-state index in [9.17, 15) is 4.79 Å². The molecular formula is C14H12ClNO3S. The number of hydrogen-bond acceptors (Lipinski definition) is 4. The van der Waals surface area contributed by atoms with Gasteiger partial charge in [-0.2, -0.15) is 0 Å². The van der Waals surface area contributed by atoms with Crippen molar-refractivity contribution in [2.24, 2.45) is 0 Å². The van der Waals surface area contributed by atoms with Gasteiger partial charge in [-0.25, -0.2) is 4.79 Å². The first-order chi connectivity index (χ1) is 9.63. The molecule has 1 N–H and O–H groups in total. The molecule has 0 radical (unpaired) electrons. The Morgan fingerprint density at radius 3 is 3.00 bits per heavy atom. The van der Waals surface area contributed by atoms with E-state index in [-0.39, 0.29) is 0 Å². The fourth-order valence-electron chi connectivity index (χ4n) is 2.18. The number of carboxylic acid groups (broad SMARTS) is 1. The molecule has 0 spiro atoms. The number of halogens is 1. The molecule has 0 atom stereocenters. The van der Waals surface area contributed by atoms with Crippen LogP contribution in [0.2, 0.25) is 5.02 Å². The number of carboxylic acids is 1. The summed E-state index contributed by atoms with van der Waals surface area (Å²) in [6.07, 6.45) is 0. The van der Waals surface area contributed by atoms with Gasteiger partial charge in [-0.15, -0.1) is 11.3 Å². The molecule has 20 heavy (non-hydrogen) atoms. The van der Waals surface area contributed by atoms with E-state index in [0.717, 1.165) is 22.9 Å². The lowest BCUT2D eigenvalue weighted by Crippen LogP contribution is -2.31. The van der Waals surface area contributed by atoms with Gasteiger partial charge in [0, 0.05) is 9.90 Å². The van der Waals surface area contributed by atoms with Gasteiger partial charge in [-0.05, 0) is 30.3 Å². The molecule has 2 aromatic rings. The van der Waals surface area contributed by atoms with E-state index in [1.807, 2.05) is 18.2 Å². The van der Waals surface area contributed by atoms with Crippen LogP contribution in [0.4, 0.5) is 5.69 Å². The Morgan fingerprint density at radius 2 is 2.25 bits per heavy atom. The van der Waals surface area contributed by atoms with Crippen LogP contribution in [0, 0.1) is 0 Å². The van der Waals surface area contributed by atoms with E-state index in [4.69, 9.17) is 21.4 Å². The molecule has 0 bridgehead atoms. The lowest BCUT2D eigenvalue weighted by Gasteiger charge is -2.31. The summed E-state index contributed by atoms with van der Waals surface area (Å²) in [5, 5.41) is 9.62. The normalized spacial score (nSPS) is 13.8. The minimum absolute atomic E-state index is 0.361. The number of fused-ring (bicyclic) bond motifs is 1. The highest BCUT2D eigenvalue weighted by molar-refractivity contribution is 7.13. The summed E-state index contributed by atoms with van der Waals surface area (Å²) in [4.78, 5) is 14.4. The van der Waals surface area contributed by atoms with E-state index in [2.05, 4.69) is 4.90 Å². The third-order valence-corrected chi connectivity index (χ3v) is 4.39. The van der Waals surface area contributed by atoms with Crippen LogP contribution in [0.5, 0.6) is 5.75 Å². The molecule has 1 aliphatic rings. The highest BCUT2D eigenvalue weighted by Crippen LogP contribution is 2.35. The monoisotopic (exact) mass is 309 g/mol. The fourth-order valence-corrected chi connectivity index (χ4v) is 3.20. The summed E-state index contributed by atoms with van der Waals surface area (Å²) in [5.74, 6) is -0.0673. The maximum atomic E-state index is 10.9. The van der Waals surface area contributed by atoms with Crippen LogP contribution in [-0.2, 0) is 6.54 Å². The lowest BCUT2D eigenvalue weighted by atomic mass is 10.2. The second-order valence-corrected chi connectivity index (χ2v) is 6.06. The van der Waals surface area contributed by atoms with E-state index in [1.165, 1.54) is 11.3 Å². The second kappa shape index (κ2) is 5.34. The molecule has 1 aliphatic heterocycles. The average Bonchev–Trinajstić information content (AvgIpc) is 2.88. The number of ether oxygens (including phenoxy) is 1. The van der Waals surface area contributed by atoms with Crippen LogP contribution in [0.1, 0.15) is 14.5 Å². The Labute approximate surface area is 125 Å². The number of nitrogens with zero attached hydrogens (tertiary/aromatic N) is 1. The van der Waals surface area contributed by atoms with E-state index >= 15 is 0 Å². The number of rotatable bonds is 3. The topological polar surface area (TPSA) is 49.8 Å². The molecule has 0 saturated carbocycles. The Morgan fingerprint density at radius 1 is 1.40 bits per heavy atom. The van der Waals surface area contributed by atoms with Crippen molar-refractivity contribution in [3.63, 3.8) is 0 Å². The van der Waals surface area contributed by atoms with Crippen LogP contribution >= 0.6 is 22.9 Å². The van der Waals surface area contributed by atoms with E-state index < -0.39 is 5.97 Å². The van der Waals surface area contributed by atoms with Crippen molar-refractivity contribution in [2.75, 3.05) is 18.1 Å². The van der Waals surface area contributed by atoms with Crippen LogP contribution < -0.4 is 9.64 Å². The minimum atomic E-state index is -0.883. The first-order valence-electron chi connectivity index (χ1n) is 6.13. The maximum Gasteiger partial charge on any atom is 0.345 e. The molecule has 6 heteroatoms. The highest BCUT2D eigenvalue weighted by atomic mass is 35.5. The molecule has 0 amide bonds. The lowest BCUT2D eigenvalue weighted by molar-refractivity contribution is 0.0702. The van der Waals surface area contributed by atoms with Crippen molar-refractivity contribution in [1.29, 1.82) is 0 Å². The molecule has 0 aliphatic carbocycles. The van der Waals surface area contributed by atoms with Gasteiger partial charge in [0.1, 0.15) is 17.2 Å². The third kappa shape index (κ3) is 2.59. The second-order valence-electron chi connectivity index (χ2n) is 4.45. The van der Waals surface area contributed by atoms with Gasteiger partial charge in [0.15, 0.2) is 0 Å². The molecule has 104 valence electrons. The molecule has 3 rings (SSSR count). The number of benzene rings is 1. The van der Waals surface area contributed by atoms with E-state index in [0.29, 0.717) is 23.1 Å². The van der Waals surface area contributed by atoms with Gasteiger partial charge in [0.25, 0.3) is 0 Å². The van der Waals surface area contributed by atoms with Gasteiger partial charge in [-0.3, -0.25) is 0 Å². The summed E-state index contributed by atoms with van der Waals surface area (Å²) < 4.78 is 5.60. The average molecular weight is 310 g/mol. The quantitative estimate of drug-likeness (QED) is 0.943. The van der Waals surface area contributed by atoms with Gasteiger partial charge in [0.2, 0.25) is 0 Å². The number of hydrogen-bond donors (Lipinski definition) is 1. The van der Waals surface area contributed by atoms with Crippen LogP contribution in [0.3, 0.4) is 0 Å². The predicted molar refractivity (Wildman–Crippen MR) is 79.3 cm³/mol. The smallest absolute Gasteiger partial charge is 0.345 e. The molecule has 1 aromatic heterocycles. The Bertz CT molecular complexity index is 656. The van der Waals surface area contributed by atoms with Crippen LogP contribution in [0.15, 0.2) is 30.3 Å². The van der Waals surface area contributed by atoms with Gasteiger partial charge < -0.3 is 14.7 Å². The van der Waals surface area contributed by atoms with Crippen molar-refractivity contribution < 1.29 is 14.6 Å².